The SMILES string of the molecule is CCCC(C)NC(=O)C(c1cccc(C)c1)N(C(=O)C(Cc1ccc(O)cc1)NC(=O)OC(C)(C)C)C1CC1. The van der Waals surface area contributed by atoms with Gasteiger partial charge in [0.15, 0.2) is 0 Å². The van der Waals surface area contributed by atoms with Crippen molar-refractivity contribution in [3.63, 3.8) is 0 Å². The molecule has 1 saturated carbocycles. The third-order valence-corrected chi connectivity index (χ3v) is 6.55. The second kappa shape index (κ2) is 13.0. The Balaban J connectivity index is 2.00. The summed E-state index contributed by atoms with van der Waals surface area (Å²) in [5, 5.41) is 15.6. The van der Waals surface area contributed by atoms with Crippen LogP contribution in [-0.4, -0.2) is 51.6 Å². The molecular weight excluding hydrogens is 494 g/mol. The van der Waals surface area contributed by atoms with Crippen LogP contribution in [0.1, 0.15) is 83.0 Å². The Hall–Kier alpha value is -3.55. The lowest BCUT2D eigenvalue weighted by Gasteiger charge is -2.35. The summed E-state index contributed by atoms with van der Waals surface area (Å²) in [6.07, 6.45) is 2.79. The van der Waals surface area contributed by atoms with E-state index in [-0.39, 0.29) is 36.1 Å². The second-order valence-corrected chi connectivity index (χ2v) is 11.6. The first-order chi connectivity index (χ1) is 18.4. The van der Waals surface area contributed by atoms with Crippen molar-refractivity contribution < 1.29 is 24.2 Å². The largest absolute Gasteiger partial charge is 0.508 e. The van der Waals surface area contributed by atoms with E-state index in [4.69, 9.17) is 4.74 Å². The molecule has 0 heterocycles. The monoisotopic (exact) mass is 537 g/mol. The quantitative estimate of drug-likeness (QED) is 0.366. The summed E-state index contributed by atoms with van der Waals surface area (Å²) in [7, 11) is 0. The fraction of sp³-hybridized carbons (Fsp3) is 0.516. The zero-order chi connectivity index (χ0) is 28.7. The van der Waals surface area contributed by atoms with E-state index in [1.165, 1.54) is 0 Å². The van der Waals surface area contributed by atoms with Crippen molar-refractivity contribution in [2.24, 2.45) is 0 Å². The number of carbonyl (C=O) groups is 3. The normalized spacial score (nSPS) is 15.5. The summed E-state index contributed by atoms with van der Waals surface area (Å²) in [5.74, 6) is -0.470. The molecule has 8 nitrogen and oxygen atoms in total. The number of hydrogen-bond donors (Lipinski definition) is 3. The lowest BCUT2D eigenvalue weighted by molar-refractivity contribution is -0.143. The van der Waals surface area contributed by atoms with E-state index in [1.807, 2.05) is 38.1 Å². The van der Waals surface area contributed by atoms with E-state index in [9.17, 15) is 19.5 Å². The van der Waals surface area contributed by atoms with E-state index < -0.39 is 23.8 Å². The van der Waals surface area contributed by atoms with Gasteiger partial charge in [-0.05, 0) is 77.1 Å². The first-order valence-electron chi connectivity index (χ1n) is 13.8. The maximum Gasteiger partial charge on any atom is 0.408 e. The maximum absolute atomic E-state index is 14.3. The van der Waals surface area contributed by atoms with Crippen LogP contribution in [0.4, 0.5) is 4.79 Å². The minimum Gasteiger partial charge on any atom is -0.508 e. The number of nitrogens with zero attached hydrogens (tertiary/aromatic N) is 1. The molecule has 3 rings (SSSR count). The summed E-state index contributed by atoms with van der Waals surface area (Å²) < 4.78 is 5.48. The molecule has 3 amide bonds. The van der Waals surface area contributed by atoms with Gasteiger partial charge in [0.1, 0.15) is 23.4 Å². The average molecular weight is 538 g/mol. The number of carbonyl (C=O) groups excluding carboxylic acids is 3. The fourth-order valence-corrected chi connectivity index (χ4v) is 4.67. The van der Waals surface area contributed by atoms with Crippen molar-refractivity contribution in [2.45, 2.75) is 103 Å². The number of rotatable bonds is 11. The minimum absolute atomic E-state index is 0.0429. The second-order valence-electron chi connectivity index (χ2n) is 11.6. The number of benzene rings is 2. The Labute approximate surface area is 232 Å². The maximum atomic E-state index is 14.3. The van der Waals surface area contributed by atoms with Crippen molar-refractivity contribution in [1.29, 1.82) is 0 Å². The number of aromatic hydroxyl groups is 1. The Bertz CT molecular complexity index is 1140. The topological polar surface area (TPSA) is 108 Å². The zero-order valence-corrected chi connectivity index (χ0v) is 24.0. The Morgan fingerprint density at radius 3 is 2.31 bits per heavy atom. The number of nitrogens with one attached hydrogen (secondary N) is 2. The molecule has 8 heteroatoms. The third-order valence-electron chi connectivity index (χ3n) is 6.55. The van der Waals surface area contributed by atoms with Gasteiger partial charge in [-0.25, -0.2) is 4.79 Å². The van der Waals surface area contributed by atoms with E-state index in [1.54, 1.807) is 49.9 Å². The first kappa shape index (κ1) is 30.0. The molecular formula is C31H43N3O5. The zero-order valence-electron chi connectivity index (χ0n) is 24.0. The lowest BCUT2D eigenvalue weighted by Crippen LogP contribution is -2.55. The molecule has 0 aliphatic heterocycles. The smallest absolute Gasteiger partial charge is 0.408 e. The number of amides is 3. The molecule has 0 saturated heterocycles. The van der Waals surface area contributed by atoms with Gasteiger partial charge in [-0.2, -0.15) is 0 Å². The molecule has 2 aromatic rings. The Morgan fingerprint density at radius 1 is 1.08 bits per heavy atom. The highest BCUT2D eigenvalue weighted by atomic mass is 16.6. The number of hydrogen-bond acceptors (Lipinski definition) is 5. The van der Waals surface area contributed by atoms with Crippen LogP contribution in [0.25, 0.3) is 0 Å². The summed E-state index contributed by atoms with van der Waals surface area (Å²) in [5.41, 5.74) is 1.73. The number of alkyl carbamates (subject to hydrolysis) is 1. The first-order valence-corrected chi connectivity index (χ1v) is 13.8. The van der Waals surface area contributed by atoms with E-state index in [0.29, 0.717) is 0 Å². The van der Waals surface area contributed by atoms with Gasteiger partial charge in [0.25, 0.3) is 0 Å². The Kier molecular flexibility index (Phi) is 10.0. The highest BCUT2D eigenvalue weighted by Crippen LogP contribution is 2.36. The number of ether oxygens (including phenoxy) is 1. The molecule has 1 fully saturated rings. The van der Waals surface area contributed by atoms with Crippen molar-refractivity contribution in [3.8, 4) is 5.75 Å². The number of phenols is 1. The standard InChI is InChI=1S/C31H43N3O5/c1-7-9-21(3)32-28(36)27(23-11-8-10-20(2)18-23)34(24-14-15-24)29(37)26(33-30(38)39-31(4,5)6)19-22-12-16-25(35)17-13-22/h8,10-13,16-18,21,24,26-27,35H,7,9,14-15,19H2,1-6H3,(H,32,36)(H,33,38). The number of aryl methyl sites for hydroxylation is 1. The van der Waals surface area contributed by atoms with Crippen LogP contribution in [0, 0.1) is 6.92 Å². The average Bonchev–Trinajstić information content (AvgIpc) is 3.67. The molecule has 212 valence electrons. The minimum atomic E-state index is -0.974. The van der Waals surface area contributed by atoms with E-state index in [2.05, 4.69) is 17.6 Å². The van der Waals surface area contributed by atoms with Crippen molar-refractivity contribution in [3.05, 3.63) is 65.2 Å². The molecule has 3 atom stereocenters. The van der Waals surface area contributed by atoms with Gasteiger partial charge in [-0.1, -0.05) is 55.3 Å². The molecule has 0 bridgehead atoms. The fourth-order valence-electron chi connectivity index (χ4n) is 4.67. The van der Waals surface area contributed by atoms with Gasteiger partial charge < -0.3 is 25.4 Å². The van der Waals surface area contributed by atoms with Gasteiger partial charge in [0, 0.05) is 18.5 Å². The van der Waals surface area contributed by atoms with Gasteiger partial charge in [-0.15, -0.1) is 0 Å². The summed E-state index contributed by atoms with van der Waals surface area (Å²) in [6.45, 7) is 11.3. The molecule has 3 N–H and O–H groups in total. The van der Waals surface area contributed by atoms with Crippen LogP contribution in [0.2, 0.25) is 0 Å². The van der Waals surface area contributed by atoms with Crippen LogP contribution in [0.3, 0.4) is 0 Å². The van der Waals surface area contributed by atoms with Crippen LogP contribution in [-0.2, 0) is 20.7 Å². The van der Waals surface area contributed by atoms with Gasteiger partial charge >= 0.3 is 6.09 Å². The van der Waals surface area contributed by atoms with Crippen LogP contribution < -0.4 is 10.6 Å². The van der Waals surface area contributed by atoms with Crippen LogP contribution in [0.15, 0.2) is 48.5 Å². The Morgan fingerprint density at radius 2 is 1.74 bits per heavy atom. The number of phenolic OH excluding ortho intramolecular Hbond substituents is 1. The third kappa shape index (κ3) is 9.01. The molecule has 1 aliphatic carbocycles. The summed E-state index contributed by atoms with van der Waals surface area (Å²) in [4.78, 5) is 42.6. The molecule has 0 radical (unpaired) electrons. The summed E-state index contributed by atoms with van der Waals surface area (Å²) >= 11 is 0. The molecule has 0 spiro atoms. The van der Waals surface area contributed by atoms with Crippen molar-refractivity contribution in [1.82, 2.24) is 15.5 Å². The molecule has 39 heavy (non-hydrogen) atoms. The van der Waals surface area contributed by atoms with Gasteiger partial charge in [0.2, 0.25) is 11.8 Å². The van der Waals surface area contributed by atoms with Crippen LogP contribution in [0.5, 0.6) is 5.75 Å². The summed E-state index contributed by atoms with van der Waals surface area (Å²) in [6, 6.07) is 12.2. The highest BCUT2D eigenvalue weighted by molar-refractivity contribution is 5.93. The van der Waals surface area contributed by atoms with Crippen molar-refractivity contribution in [2.75, 3.05) is 0 Å². The molecule has 0 aromatic heterocycles. The van der Waals surface area contributed by atoms with E-state index >= 15 is 0 Å². The van der Waals surface area contributed by atoms with Gasteiger partial charge in [-0.3, -0.25) is 9.59 Å². The van der Waals surface area contributed by atoms with Crippen molar-refractivity contribution >= 4 is 17.9 Å². The van der Waals surface area contributed by atoms with E-state index in [0.717, 1.165) is 42.4 Å². The molecule has 3 unspecified atom stereocenters. The van der Waals surface area contributed by atoms with Gasteiger partial charge in [0.05, 0.1) is 0 Å². The molecule has 1 aliphatic rings. The highest BCUT2D eigenvalue weighted by Gasteiger charge is 2.44. The predicted molar refractivity (Wildman–Crippen MR) is 151 cm³/mol. The van der Waals surface area contributed by atoms with Crippen LogP contribution >= 0.6 is 0 Å². The predicted octanol–water partition coefficient (Wildman–Crippen LogP) is 5.17. The molecule has 2 aromatic carbocycles. The lowest BCUT2D eigenvalue weighted by atomic mass is 9.98.